The third-order valence-corrected chi connectivity index (χ3v) is 2.91. The Kier molecular flexibility index (Phi) is 3.87. The van der Waals surface area contributed by atoms with Crippen LogP contribution in [0.2, 0.25) is 10.0 Å². The lowest BCUT2D eigenvalue weighted by molar-refractivity contribution is 0.102. The second-order valence-corrected chi connectivity index (χ2v) is 4.44. The smallest absolute Gasteiger partial charge is 0.261 e. The second kappa shape index (κ2) is 5.42. The van der Waals surface area contributed by atoms with Crippen molar-refractivity contribution in [2.75, 3.05) is 5.32 Å². The van der Waals surface area contributed by atoms with Gasteiger partial charge in [-0.3, -0.25) is 9.59 Å². The Labute approximate surface area is 117 Å². The van der Waals surface area contributed by atoms with E-state index < -0.39 is 17.2 Å². The van der Waals surface area contributed by atoms with Crippen LogP contribution in [0.5, 0.6) is 0 Å². The number of carbonyl (C=O) groups excluding carboxylic acids is 1. The SMILES string of the molecule is O=C(Nc1c(Cl)cc(F)cc1Cl)c1c[nH]ccc1=O. The number of pyridine rings is 1. The van der Waals surface area contributed by atoms with Crippen LogP contribution in [0.1, 0.15) is 10.4 Å². The van der Waals surface area contributed by atoms with Gasteiger partial charge in [0.1, 0.15) is 11.4 Å². The van der Waals surface area contributed by atoms with E-state index in [0.29, 0.717) is 0 Å². The predicted octanol–water partition coefficient (Wildman–Crippen LogP) is 3.07. The number of benzene rings is 1. The molecule has 2 aromatic rings. The number of nitrogens with one attached hydrogen (secondary N) is 2. The number of H-pyrrole nitrogens is 1. The number of halogens is 3. The molecule has 1 aromatic carbocycles. The minimum Gasteiger partial charge on any atom is -0.367 e. The van der Waals surface area contributed by atoms with Gasteiger partial charge in [-0.15, -0.1) is 0 Å². The van der Waals surface area contributed by atoms with E-state index in [4.69, 9.17) is 23.2 Å². The van der Waals surface area contributed by atoms with Crippen molar-refractivity contribution < 1.29 is 9.18 Å². The predicted molar refractivity (Wildman–Crippen MR) is 71.4 cm³/mol. The summed E-state index contributed by atoms with van der Waals surface area (Å²) in [5.74, 6) is -1.30. The summed E-state index contributed by atoms with van der Waals surface area (Å²) in [7, 11) is 0. The average molecular weight is 301 g/mol. The molecule has 0 aliphatic carbocycles. The first-order chi connectivity index (χ1) is 8.99. The Morgan fingerprint density at radius 2 is 1.89 bits per heavy atom. The summed E-state index contributed by atoms with van der Waals surface area (Å²) in [6.07, 6.45) is 2.65. The van der Waals surface area contributed by atoms with Crippen molar-refractivity contribution in [3.63, 3.8) is 0 Å². The summed E-state index contributed by atoms with van der Waals surface area (Å²) in [5, 5.41) is 2.27. The summed E-state index contributed by atoms with van der Waals surface area (Å²) in [4.78, 5) is 26.0. The molecule has 2 rings (SSSR count). The fraction of sp³-hybridized carbons (Fsp3) is 0. The Hall–Kier alpha value is -1.85. The lowest BCUT2D eigenvalue weighted by atomic mass is 10.2. The molecule has 2 N–H and O–H groups in total. The maximum absolute atomic E-state index is 13.0. The van der Waals surface area contributed by atoms with Crippen LogP contribution in [0.3, 0.4) is 0 Å². The number of rotatable bonds is 2. The number of carbonyl (C=O) groups is 1. The van der Waals surface area contributed by atoms with Gasteiger partial charge in [0, 0.05) is 18.5 Å². The maximum Gasteiger partial charge on any atom is 0.261 e. The van der Waals surface area contributed by atoms with Crippen LogP contribution in [0.25, 0.3) is 0 Å². The second-order valence-electron chi connectivity index (χ2n) is 3.62. The van der Waals surface area contributed by atoms with Crippen LogP contribution in [0.4, 0.5) is 10.1 Å². The minimum absolute atomic E-state index is 0.0503. The Morgan fingerprint density at radius 1 is 1.26 bits per heavy atom. The van der Waals surface area contributed by atoms with Gasteiger partial charge in [-0.05, 0) is 12.1 Å². The normalized spacial score (nSPS) is 10.3. The Morgan fingerprint density at radius 3 is 2.47 bits per heavy atom. The molecule has 0 unspecified atom stereocenters. The molecule has 1 heterocycles. The van der Waals surface area contributed by atoms with Gasteiger partial charge in [-0.1, -0.05) is 23.2 Å². The number of hydrogen-bond donors (Lipinski definition) is 2. The fourth-order valence-corrected chi connectivity index (χ4v) is 1.99. The molecule has 98 valence electrons. The van der Waals surface area contributed by atoms with Crippen molar-refractivity contribution in [2.45, 2.75) is 0 Å². The molecule has 0 atom stereocenters. The summed E-state index contributed by atoms with van der Waals surface area (Å²) in [5.41, 5.74) is -0.498. The van der Waals surface area contributed by atoms with Gasteiger partial charge >= 0.3 is 0 Å². The molecular weight excluding hydrogens is 294 g/mol. The van der Waals surface area contributed by atoms with Crippen LogP contribution in [0, 0.1) is 5.82 Å². The average Bonchev–Trinajstić information content (AvgIpc) is 2.34. The molecule has 0 saturated heterocycles. The number of amides is 1. The summed E-state index contributed by atoms with van der Waals surface area (Å²) in [6, 6.07) is 3.24. The van der Waals surface area contributed by atoms with E-state index in [9.17, 15) is 14.0 Å². The van der Waals surface area contributed by atoms with Crippen molar-refractivity contribution in [3.8, 4) is 0 Å². The zero-order valence-corrected chi connectivity index (χ0v) is 10.8. The largest absolute Gasteiger partial charge is 0.367 e. The zero-order valence-electron chi connectivity index (χ0n) is 9.34. The molecule has 1 aromatic heterocycles. The number of hydrogen-bond acceptors (Lipinski definition) is 2. The third-order valence-electron chi connectivity index (χ3n) is 2.31. The van der Waals surface area contributed by atoms with Gasteiger partial charge in [0.25, 0.3) is 5.91 Å². The van der Waals surface area contributed by atoms with E-state index in [1.807, 2.05) is 0 Å². The first kappa shape index (κ1) is 13.6. The quantitative estimate of drug-likeness (QED) is 0.895. The van der Waals surface area contributed by atoms with Gasteiger partial charge in [0.2, 0.25) is 0 Å². The molecule has 0 saturated carbocycles. The molecule has 1 amide bonds. The molecule has 0 fully saturated rings. The van der Waals surface area contributed by atoms with E-state index in [1.165, 1.54) is 18.5 Å². The molecule has 4 nitrogen and oxygen atoms in total. The van der Waals surface area contributed by atoms with Crippen LogP contribution in [-0.2, 0) is 0 Å². The van der Waals surface area contributed by atoms with E-state index in [1.54, 1.807) is 0 Å². The lowest BCUT2D eigenvalue weighted by Gasteiger charge is -2.09. The highest BCUT2D eigenvalue weighted by atomic mass is 35.5. The van der Waals surface area contributed by atoms with E-state index in [0.717, 1.165) is 12.1 Å². The summed E-state index contributed by atoms with van der Waals surface area (Å²) < 4.78 is 13.0. The zero-order chi connectivity index (χ0) is 14.0. The van der Waals surface area contributed by atoms with Crippen molar-refractivity contribution in [1.29, 1.82) is 0 Å². The first-order valence-corrected chi connectivity index (χ1v) is 5.87. The first-order valence-electron chi connectivity index (χ1n) is 5.12. The lowest BCUT2D eigenvalue weighted by Crippen LogP contribution is -2.21. The van der Waals surface area contributed by atoms with Crippen LogP contribution in [-0.4, -0.2) is 10.9 Å². The topological polar surface area (TPSA) is 62.0 Å². The number of anilines is 1. The molecule has 0 aliphatic heterocycles. The summed E-state index contributed by atoms with van der Waals surface area (Å²) in [6.45, 7) is 0. The fourth-order valence-electron chi connectivity index (χ4n) is 1.44. The van der Waals surface area contributed by atoms with Gasteiger partial charge in [0.15, 0.2) is 5.43 Å². The molecule has 0 radical (unpaired) electrons. The molecule has 0 spiro atoms. The highest BCUT2D eigenvalue weighted by molar-refractivity contribution is 6.40. The summed E-state index contributed by atoms with van der Waals surface area (Å²) >= 11 is 11.6. The van der Waals surface area contributed by atoms with Crippen LogP contribution < -0.4 is 10.7 Å². The van der Waals surface area contributed by atoms with Crippen LogP contribution in [0.15, 0.2) is 35.4 Å². The molecule has 0 aliphatic rings. The van der Waals surface area contributed by atoms with Gasteiger partial charge in [0.05, 0.1) is 15.7 Å². The highest BCUT2D eigenvalue weighted by Gasteiger charge is 2.15. The standard InChI is InChI=1S/C12H7Cl2FN2O2/c13-8-3-6(15)4-9(14)11(8)17-12(19)7-5-16-2-1-10(7)18/h1-5H,(H,16,18)(H,17,19). The Bertz CT molecular complexity index is 677. The number of aromatic amines is 1. The minimum atomic E-state index is -0.683. The number of aromatic nitrogens is 1. The maximum atomic E-state index is 13.0. The van der Waals surface area contributed by atoms with Gasteiger partial charge in [-0.2, -0.15) is 0 Å². The van der Waals surface area contributed by atoms with Crippen molar-refractivity contribution in [3.05, 3.63) is 62.2 Å². The Balaban J connectivity index is 2.35. The van der Waals surface area contributed by atoms with Gasteiger partial charge in [-0.25, -0.2) is 4.39 Å². The molecule has 19 heavy (non-hydrogen) atoms. The van der Waals surface area contributed by atoms with Crippen LogP contribution >= 0.6 is 23.2 Å². The molecule has 0 bridgehead atoms. The molecule has 7 heteroatoms. The highest BCUT2D eigenvalue weighted by Crippen LogP contribution is 2.31. The van der Waals surface area contributed by atoms with E-state index in [-0.39, 0.29) is 21.3 Å². The van der Waals surface area contributed by atoms with Crippen molar-refractivity contribution in [1.82, 2.24) is 4.98 Å². The third kappa shape index (κ3) is 2.94. The van der Waals surface area contributed by atoms with Crippen molar-refractivity contribution in [2.24, 2.45) is 0 Å². The van der Waals surface area contributed by atoms with Crippen molar-refractivity contribution >= 4 is 34.8 Å². The molecular formula is C12H7Cl2FN2O2. The van der Waals surface area contributed by atoms with Gasteiger partial charge < -0.3 is 10.3 Å². The monoisotopic (exact) mass is 300 g/mol. The van der Waals surface area contributed by atoms with E-state index in [2.05, 4.69) is 10.3 Å². The van der Waals surface area contributed by atoms with E-state index >= 15 is 0 Å².